The number of nitrogens with two attached hydrogens (primary N) is 1. The molecule has 0 saturated heterocycles. The Kier molecular flexibility index (Phi) is 7.23. The average Bonchev–Trinajstić information content (AvgIpc) is 2.66. The van der Waals surface area contributed by atoms with E-state index in [-0.39, 0.29) is 13.0 Å². The number of benzene rings is 2. The van der Waals surface area contributed by atoms with Crippen molar-refractivity contribution in [3.63, 3.8) is 0 Å². The maximum Gasteiger partial charge on any atom is 0.258 e. The Morgan fingerprint density at radius 1 is 0.923 bits per heavy atom. The molecule has 0 aliphatic rings. The van der Waals surface area contributed by atoms with E-state index >= 15 is 0 Å². The largest absolute Gasteiger partial charge is 0.345 e. The van der Waals surface area contributed by atoms with Crippen molar-refractivity contribution >= 4 is 11.8 Å². The molecule has 5 nitrogen and oxygen atoms in total. The van der Waals surface area contributed by atoms with Gasteiger partial charge in [-0.25, -0.2) is 8.78 Å². The fraction of sp³-hybridized carbons (Fsp3) is 0.263. The van der Waals surface area contributed by atoms with E-state index in [1.165, 1.54) is 0 Å². The maximum atomic E-state index is 13.1. The highest BCUT2D eigenvalue weighted by atomic mass is 19.3. The fourth-order valence-corrected chi connectivity index (χ4v) is 2.46. The van der Waals surface area contributed by atoms with Crippen LogP contribution in [-0.4, -0.2) is 30.8 Å². The van der Waals surface area contributed by atoms with Crippen LogP contribution in [0.5, 0.6) is 0 Å². The van der Waals surface area contributed by atoms with E-state index in [0.717, 1.165) is 0 Å². The van der Waals surface area contributed by atoms with Gasteiger partial charge in [0.1, 0.15) is 6.04 Å². The molecule has 0 aliphatic carbocycles. The van der Waals surface area contributed by atoms with Crippen LogP contribution in [0.25, 0.3) is 0 Å². The van der Waals surface area contributed by atoms with E-state index in [9.17, 15) is 18.4 Å². The molecule has 26 heavy (non-hydrogen) atoms. The number of carbonyl (C=O) groups is 2. The molecular formula is C19H21F2N3O2. The lowest BCUT2D eigenvalue weighted by Gasteiger charge is -2.23. The summed E-state index contributed by atoms with van der Waals surface area (Å²) in [7, 11) is 0. The van der Waals surface area contributed by atoms with Crippen LogP contribution < -0.4 is 16.4 Å². The SMILES string of the molecule is NCCC(NC(=O)C(NC(=O)c1ccccc1)c1ccccc1)C(F)F. The Hall–Kier alpha value is -2.80. The zero-order chi connectivity index (χ0) is 18.9. The van der Waals surface area contributed by atoms with Crippen molar-refractivity contribution in [3.8, 4) is 0 Å². The third kappa shape index (κ3) is 5.35. The molecule has 2 aromatic carbocycles. The lowest BCUT2D eigenvalue weighted by atomic mass is 10.0. The van der Waals surface area contributed by atoms with Crippen molar-refractivity contribution in [1.29, 1.82) is 0 Å². The van der Waals surface area contributed by atoms with E-state index in [1.54, 1.807) is 60.7 Å². The Morgan fingerprint density at radius 3 is 2.04 bits per heavy atom. The number of halogens is 2. The molecule has 0 heterocycles. The van der Waals surface area contributed by atoms with Gasteiger partial charge in [-0.05, 0) is 30.7 Å². The zero-order valence-corrected chi connectivity index (χ0v) is 14.1. The number of alkyl halides is 2. The number of nitrogens with one attached hydrogen (secondary N) is 2. The average molecular weight is 361 g/mol. The lowest BCUT2D eigenvalue weighted by molar-refractivity contribution is -0.125. The van der Waals surface area contributed by atoms with Gasteiger partial charge in [0.15, 0.2) is 0 Å². The van der Waals surface area contributed by atoms with Crippen molar-refractivity contribution < 1.29 is 18.4 Å². The number of carbonyl (C=O) groups excluding carboxylic acids is 2. The second-order valence-corrected chi connectivity index (χ2v) is 5.71. The lowest BCUT2D eigenvalue weighted by Crippen LogP contribution is -2.47. The molecule has 4 N–H and O–H groups in total. The van der Waals surface area contributed by atoms with E-state index in [4.69, 9.17) is 5.73 Å². The van der Waals surface area contributed by atoms with Crippen LogP contribution in [0.4, 0.5) is 8.78 Å². The molecule has 2 aromatic rings. The smallest absolute Gasteiger partial charge is 0.258 e. The monoisotopic (exact) mass is 361 g/mol. The minimum absolute atomic E-state index is 0.0155. The molecule has 138 valence electrons. The van der Waals surface area contributed by atoms with Crippen LogP contribution in [0.2, 0.25) is 0 Å². The van der Waals surface area contributed by atoms with Gasteiger partial charge in [-0.3, -0.25) is 9.59 Å². The van der Waals surface area contributed by atoms with Gasteiger partial charge in [-0.2, -0.15) is 0 Å². The first-order valence-electron chi connectivity index (χ1n) is 8.22. The predicted octanol–water partition coefficient (Wildman–Crippen LogP) is 2.26. The van der Waals surface area contributed by atoms with E-state index < -0.39 is 30.3 Å². The van der Waals surface area contributed by atoms with Crippen LogP contribution in [0.15, 0.2) is 60.7 Å². The van der Waals surface area contributed by atoms with Gasteiger partial charge in [0.25, 0.3) is 12.3 Å². The summed E-state index contributed by atoms with van der Waals surface area (Å²) in [6.45, 7) is 0.0155. The third-order valence-corrected chi connectivity index (χ3v) is 3.82. The van der Waals surface area contributed by atoms with Crippen LogP contribution in [0.3, 0.4) is 0 Å². The fourth-order valence-electron chi connectivity index (χ4n) is 2.46. The van der Waals surface area contributed by atoms with Crippen LogP contribution in [0, 0.1) is 0 Å². The Morgan fingerprint density at radius 2 is 1.50 bits per heavy atom. The highest BCUT2D eigenvalue weighted by molar-refractivity contribution is 5.97. The van der Waals surface area contributed by atoms with Gasteiger partial charge in [-0.1, -0.05) is 48.5 Å². The quantitative estimate of drug-likeness (QED) is 0.674. The first kappa shape index (κ1) is 19.5. The molecule has 0 fully saturated rings. The van der Waals surface area contributed by atoms with Crippen LogP contribution >= 0.6 is 0 Å². The molecule has 0 bridgehead atoms. The summed E-state index contributed by atoms with van der Waals surface area (Å²) in [6, 6.07) is 14.4. The highest BCUT2D eigenvalue weighted by Gasteiger charge is 2.28. The Labute approximate surface area is 150 Å². The van der Waals surface area contributed by atoms with E-state index in [2.05, 4.69) is 10.6 Å². The first-order valence-corrected chi connectivity index (χ1v) is 8.22. The Balaban J connectivity index is 2.21. The first-order chi connectivity index (χ1) is 12.5. The van der Waals surface area contributed by atoms with Gasteiger partial charge >= 0.3 is 0 Å². The summed E-state index contributed by atoms with van der Waals surface area (Å²) in [5.41, 5.74) is 6.20. The number of amides is 2. The molecule has 0 spiro atoms. The number of hydrogen-bond acceptors (Lipinski definition) is 3. The summed E-state index contributed by atoms with van der Waals surface area (Å²) in [5.74, 6) is -1.18. The van der Waals surface area contributed by atoms with Gasteiger partial charge in [-0.15, -0.1) is 0 Å². The van der Waals surface area contributed by atoms with Crippen molar-refractivity contribution in [2.75, 3.05) is 6.54 Å². The van der Waals surface area contributed by atoms with Gasteiger partial charge in [0.2, 0.25) is 5.91 Å². The minimum Gasteiger partial charge on any atom is -0.345 e. The normalized spacial score (nSPS) is 13.1. The van der Waals surface area contributed by atoms with Gasteiger partial charge in [0.05, 0.1) is 6.04 Å². The van der Waals surface area contributed by atoms with E-state index in [0.29, 0.717) is 11.1 Å². The summed E-state index contributed by atoms with van der Waals surface area (Å²) in [5, 5.41) is 4.90. The molecule has 2 rings (SSSR count). The van der Waals surface area contributed by atoms with Gasteiger partial charge in [0, 0.05) is 5.56 Å². The van der Waals surface area contributed by atoms with Crippen molar-refractivity contribution in [1.82, 2.24) is 10.6 Å². The molecule has 0 aliphatic heterocycles. The molecule has 2 unspecified atom stereocenters. The topological polar surface area (TPSA) is 84.2 Å². The molecular weight excluding hydrogens is 340 g/mol. The predicted molar refractivity (Wildman–Crippen MR) is 94.7 cm³/mol. The van der Waals surface area contributed by atoms with Crippen LogP contribution in [0.1, 0.15) is 28.4 Å². The molecule has 0 aromatic heterocycles. The second kappa shape index (κ2) is 9.62. The van der Waals surface area contributed by atoms with Crippen LogP contribution in [-0.2, 0) is 4.79 Å². The van der Waals surface area contributed by atoms with E-state index in [1.807, 2.05) is 0 Å². The van der Waals surface area contributed by atoms with Crippen molar-refractivity contribution in [2.24, 2.45) is 5.73 Å². The third-order valence-electron chi connectivity index (χ3n) is 3.82. The summed E-state index contributed by atoms with van der Waals surface area (Å²) in [4.78, 5) is 25.0. The molecule has 2 amide bonds. The standard InChI is InChI=1S/C19H21F2N3O2/c20-17(21)15(11-12-22)23-19(26)16(13-7-3-1-4-8-13)24-18(25)14-9-5-2-6-10-14/h1-10,15-17H,11-12,22H2,(H,23,26)(H,24,25). The van der Waals surface area contributed by atoms with Crippen molar-refractivity contribution in [2.45, 2.75) is 24.9 Å². The zero-order valence-electron chi connectivity index (χ0n) is 14.1. The summed E-state index contributed by atoms with van der Waals surface area (Å²) >= 11 is 0. The molecule has 0 radical (unpaired) electrons. The van der Waals surface area contributed by atoms with Crippen molar-refractivity contribution in [3.05, 3.63) is 71.8 Å². The summed E-state index contributed by atoms with van der Waals surface area (Å²) in [6.07, 6.45) is -2.80. The molecule has 7 heteroatoms. The Bertz CT molecular complexity index is 711. The minimum atomic E-state index is -2.75. The maximum absolute atomic E-state index is 13.1. The number of rotatable bonds is 8. The molecule has 2 atom stereocenters. The summed E-state index contributed by atoms with van der Waals surface area (Å²) < 4.78 is 26.2. The van der Waals surface area contributed by atoms with Gasteiger partial charge < -0.3 is 16.4 Å². The second-order valence-electron chi connectivity index (χ2n) is 5.71. The highest BCUT2D eigenvalue weighted by Crippen LogP contribution is 2.16. The molecule has 0 saturated carbocycles. The number of hydrogen-bond donors (Lipinski definition) is 3.